The van der Waals surface area contributed by atoms with Gasteiger partial charge in [0.2, 0.25) is 0 Å². The molecule has 1 aromatic rings. The summed E-state index contributed by atoms with van der Waals surface area (Å²) in [7, 11) is 1.43. The van der Waals surface area contributed by atoms with Crippen LogP contribution >= 0.6 is 11.3 Å². The fourth-order valence-corrected chi connectivity index (χ4v) is 2.96. The predicted molar refractivity (Wildman–Crippen MR) is 69.1 cm³/mol. The second kappa shape index (κ2) is 5.65. The van der Waals surface area contributed by atoms with E-state index >= 15 is 0 Å². The molecule has 17 heavy (non-hydrogen) atoms. The fourth-order valence-electron chi connectivity index (χ4n) is 2.01. The molecular weight excluding hydrogens is 234 g/mol. The SMILES string of the molecule is CCC1CC1NCc1ccc(CC(=O)OC)s1. The van der Waals surface area contributed by atoms with Crippen LogP contribution in [0.2, 0.25) is 0 Å². The lowest BCUT2D eigenvalue weighted by Gasteiger charge is -2.00. The first-order valence-corrected chi connectivity index (χ1v) is 6.92. The summed E-state index contributed by atoms with van der Waals surface area (Å²) in [6.07, 6.45) is 2.98. The molecule has 0 radical (unpaired) electrons. The van der Waals surface area contributed by atoms with Crippen LogP contribution in [0.15, 0.2) is 12.1 Å². The van der Waals surface area contributed by atoms with Crippen LogP contribution < -0.4 is 5.32 Å². The first-order valence-electron chi connectivity index (χ1n) is 6.10. The molecule has 0 bridgehead atoms. The largest absolute Gasteiger partial charge is 0.469 e. The second-order valence-electron chi connectivity index (χ2n) is 4.51. The third kappa shape index (κ3) is 3.54. The lowest BCUT2D eigenvalue weighted by Crippen LogP contribution is -2.16. The molecule has 94 valence electrons. The van der Waals surface area contributed by atoms with Crippen LogP contribution in [0, 0.1) is 5.92 Å². The van der Waals surface area contributed by atoms with Gasteiger partial charge in [-0.2, -0.15) is 0 Å². The van der Waals surface area contributed by atoms with Crippen molar-refractivity contribution >= 4 is 17.3 Å². The average molecular weight is 253 g/mol. The van der Waals surface area contributed by atoms with Gasteiger partial charge in [0, 0.05) is 22.3 Å². The molecule has 1 heterocycles. The Kier molecular flexibility index (Phi) is 4.18. The zero-order chi connectivity index (χ0) is 12.3. The van der Waals surface area contributed by atoms with Crippen molar-refractivity contribution in [3.63, 3.8) is 0 Å². The molecule has 4 heteroatoms. The molecule has 0 spiro atoms. The summed E-state index contributed by atoms with van der Waals surface area (Å²) in [4.78, 5) is 13.5. The molecule has 2 atom stereocenters. The molecule has 1 aliphatic rings. The molecule has 0 aliphatic heterocycles. The number of esters is 1. The Balaban J connectivity index is 1.76. The highest BCUT2D eigenvalue weighted by Gasteiger charge is 2.34. The van der Waals surface area contributed by atoms with Crippen molar-refractivity contribution in [2.45, 2.75) is 38.8 Å². The van der Waals surface area contributed by atoms with Crippen LogP contribution in [0.1, 0.15) is 29.5 Å². The molecule has 0 aromatic carbocycles. The summed E-state index contributed by atoms with van der Waals surface area (Å²) in [6, 6.07) is 4.83. The Morgan fingerprint density at radius 2 is 2.29 bits per heavy atom. The number of ether oxygens (including phenoxy) is 1. The maximum atomic E-state index is 11.1. The third-order valence-electron chi connectivity index (χ3n) is 3.25. The maximum Gasteiger partial charge on any atom is 0.310 e. The van der Waals surface area contributed by atoms with E-state index in [2.05, 4.69) is 23.0 Å². The molecule has 0 saturated heterocycles. The van der Waals surface area contributed by atoms with Crippen molar-refractivity contribution in [2.75, 3.05) is 7.11 Å². The summed E-state index contributed by atoms with van der Waals surface area (Å²) >= 11 is 1.69. The number of carbonyl (C=O) groups excluding carboxylic acids is 1. The fraction of sp³-hybridized carbons (Fsp3) is 0.615. The van der Waals surface area contributed by atoms with Gasteiger partial charge in [-0.25, -0.2) is 0 Å². The molecule has 2 rings (SSSR count). The highest BCUT2D eigenvalue weighted by Crippen LogP contribution is 2.33. The van der Waals surface area contributed by atoms with Gasteiger partial charge in [-0.1, -0.05) is 13.3 Å². The van der Waals surface area contributed by atoms with Crippen molar-refractivity contribution in [1.82, 2.24) is 5.32 Å². The van der Waals surface area contributed by atoms with Crippen molar-refractivity contribution in [1.29, 1.82) is 0 Å². The Labute approximate surface area is 106 Å². The molecule has 1 fully saturated rings. The van der Waals surface area contributed by atoms with E-state index in [4.69, 9.17) is 0 Å². The van der Waals surface area contributed by atoms with Crippen LogP contribution in [-0.2, 0) is 22.5 Å². The zero-order valence-corrected chi connectivity index (χ0v) is 11.2. The molecule has 3 nitrogen and oxygen atoms in total. The maximum absolute atomic E-state index is 11.1. The minimum Gasteiger partial charge on any atom is -0.469 e. The van der Waals surface area contributed by atoms with Crippen LogP contribution in [-0.4, -0.2) is 19.1 Å². The van der Waals surface area contributed by atoms with Gasteiger partial charge in [-0.3, -0.25) is 4.79 Å². The highest BCUT2D eigenvalue weighted by molar-refractivity contribution is 7.12. The molecular formula is C13H19NO2S. The van der Waals surface area contributed by atoms with Crippen LogP contribution in [0.5, 0.6) is 0 Å². The molecule has 1 N–H and O–H groups in total. The summed E-state index contributed by atoms with van der Waals surface area (Å²) in [6.45, 7) is 3.17. The van der Waals surface area contributed by atoms with Crippen molar-refractivity contribution in [2.24, 2.45) is 5.92 Å². The number of carbonyl (C=O) groups is 1. The number of methoxy groups -OCH3 is 1. The predicted octanol–water partition coefficient (Wildman–Crippen LogP) is 2.35. The Morgan fingerprint density at radius 1 is 1.53 bits per heavy atom. The van der Waals surface area contributed by atoms with Crippen LogP contribution in [0.3, 0.4) is 0 Å². The summed E-state index contributed by atoms with van der Waals surface area (Å²) in [5.74, 6) is 0.712. The van der Waals surface area contributed by atoms with E-state index in [1.165, 1.54) is 24.8 Å². The molecule has 1 saturated carbocycles. The Bertz CT molecular complexity index is 389. The van der Waals surface area contributed by atoms with Gasteiger partial charge in [-0.05, 0) is 24.5 Å². The van der Waals surface area contributed by atoms with Crippen LogP contribution in [0.4, 0.5) is 0 Å². The van der Waals surface area contributed by atoms with Gasteiger partial charge in [0.1, 0.15) is 0 Å². The summed E-state index contributed by atoms with van der Waals surface area (Å²) in [5, 5.41) is 3.55. The van der Waals surface area contributed by atoms with Crippen molar-refractivity contribution in [3.8, 4) is 0 Å². The van der Waals surface area contributed by atoms with Gasteiger partial charge in [0.25, 0.3) is 0 Å². The lowest BCUT2D eigenvalue weighted by molar-refractivity contribution is -0.139. The van der Waals surface area contributed by atoms with Gasteiger partial charge in [-0.15, -0.1) is 11.3 Å². The average Bonchev–Trinajstić information content (AvgIpc) is 2.97. The van der Waals surface area contributed by atoms with E-state index in [0.29, 0.717) is 12.5 Å². The zero-order valence-electron chi connectivity index (χ0n) is 10.4. The van der Waals surface area contributed by atoms with E-state index in [0.717, 1.165) is 17.3 Å². The monoisotopic (exact) mass is 253 g/mol. The second-order valence-corrected chi connectivity index (χ2v) is 5.77. The quantitative estimate of drug-likeness (QED) is 0.791. The van der Waals surface area contributed by atoms with Gasteiger partial charge in [0.15, 0.2) is 0 Å². The first kappa shape index (κ1) is 12.6. The molecule has 1 aliphatic carbocycles. The van der Waals surface area contributed by atoms with Crippen molar-refractivity contribution < 1.29 is 9.53 Å². The smallest absolute Gasteiger partial charge is 0.310 e. The third-order valence-corrected chi connectivity index (χ3v) is 4.33. The number of nitrogens with one attached hydrogen (secondary N) is 1. The normalized spacial score (nSPS) is 22.5. The minimum atomic E-state index is -0.167. The van der Waals surface area contributed by atoms with Crippen LogP contribution in [0.25, 0.3) is 0 Å². The molecule has 1 aromatic heterocycles. The minimum absolute atomic E-state index is 0.167. The van der Waals surface area contributed by atoms with E-state index in [1.807, 2.05) is 6.07 Å². The lowest BCUT2D eigenvalue weighted by atomic mass is 10.3. The van der Waals surface area contributed by atoms with Gasteiger partial charge in [0.05, 0.1) is 13.5 Å². The standard InChI is InChI=1S/C13H19NO2S/c1-3-9-6-12(9)14-8-11-5-4-10(17-11)7-13(15)16-2/h4-5,9,12,14H,3,6-8H2,1-2H3. The van der Waals surface area contributed by atoms with E-state index < -0.39 is 0 Å². The number of hydrogen-bond acceptors (Lipinski definition) is 4. The molecule has 2 unspecified atom stereocenters. The highest BCUT2D eigenvalue weighted by atomic mass is 32.1. The number of hydrogen-bond donors (Lipinski definition) is 1. The summed E-state index contributed by atoms with van der Waals surface area (Å²) in [5.41, 5.74) is 0. The Morgan fingerprint density at radius 3 is 2.94 bits per heavy atom. The molecule has 0 amide bonds. The van der Waals surface area contributed by atoms with Crippen molar-refractivity contribution in [3.05, 3.63) is 21.9 Å². The van der Waals surface area contributed by atoms with E-state index in [-0.39, 0.29) is 5.97 Å². The van der Waals surface area contributed by atoms with Gasteiger partial charge >= 0.3 is 5.97 Å². The number of rotatable bonds is 6. The van der Waals surface area contributed by atoms with E-state index in [9.17, 15) is 4.79 Å². The van der Waals surface area contributed by atoms with E-state index in [1.54, 1.807) is 11.3 Å². The summed E-state index contributed by atoms with van der Waals surface area (Å²) < 4.78 is 4.65. The number of thiophene rings is 1. The van der Waals surface area contributed by atoms with Gasteiger partial charge < -0.3 is 10.1 Å². The Hall–Kier alpha value is -0.870. The topological polar surface area (TPSA) is 38.3 Å². The first-order chi connectivity index (χ1) is 8.22.